The molecule has 3 aliphatic heterocycles. The molecular formula is C19H22N4O2. The number of fused-ring (bicyclic) bond motifs is 2. The highest BCUT2D eigenvalue weighted by atomic mass is 16.5. The Bertz CT molecular complexity index is 791. The molecule has 3 fully saturated rings. The quantitative estimate of drug-likeness (QED) is 0.859. The molecule has 130 valence electrons. The van der Waals surface area contributed by atoms with Crippen LogP contribution >= 0.6 is 0 Å². The Morgan fingerprint density at radius 1 is 1.16 bits per heavy atom. The number of aromatic nitrogens is 2. The van der Waals surface area contributed by atoms with Crippen molar-refractivity contribution in [3.8, 4) is 5.75 Å². The third-order valence-corrected chi connectivity index (χ3v) is 5.04. The van der Waals surface area contributed by atoms with E-state index in [2.05, 4.69) is 14.9 Å². The normalized spacial score (nSPS) is 21.7. The van der Waals surface area contributed by atoms with Crippen LogP contribution in [0.3, 0.4) is 0 Å². The first-order valence-corrected chi connectivity index (χ1v) is 8.59. The van der Waals surface area contributed by atoms with E-state index < -0.39 is 0 Å². The smallest absolute Gasteiger partial charge is 0.258 e. The molecule has 6 nitrogen and oxygen atoms in total. The highest BCUT2D eigenvalue weighted by Crippen LogP contribution is 2.36. The molecule has 5 rings (SSSR count). The highest BCUT2D eigenvalue weighted by Gasteiger charge is 2.48. The lowest BCUT2D eigenvalue weighted by Crippen LogP contribution is -2.70. The lowest BCUT2D eigenvalue weighted by molar-refractivity contribution is 0.00551. The van der Waals surface area contributed by atoms with Crippen molar-refractivity contribution in [1.82, 2.24) is 14.9 Å². The van der Waals surface area contributed by atoms with Gasteiger partial charge in [-0.2, -0.15) is 0 Å². The maximum absolute atomic E-state index is 13.0. The number of carbonyl (C=O) groups excluding carboxylic acids is 1. The number of para-hydroxylation sites is 1. The molecule has 0 N–H and O–H groups in total. The number of ether oxygens (including phenoxy) is 1. The Hall–Kier alpha value is -2.63. The van der Waals surface area contributed by atoms with Gasteiger partial charge in [0, 0.05) is 24.8 Å². The van der Waals surface area contributed by atoms with E-state index >= 15 is 0 Å². The zero-order valence-electron chi connectivity index (χ0n) is 14.8. The number of amides is 1. The lowest BCUT2D eigenvalue weighted by Gasteiger charge is -2.56. The van der Waals surface area contributed by atoms with Crippen molar-refractivity contribution < 1.29 is 9.53 Å². The molecule has 6 heteroatoms. The SMILES string of the molecule is COc1ccccc1C(=O)N1C2CC1CN(c1cc(C)nc(C)n1)C2. The Balaban J connectivity index is 1.53. The number of hydrogen-bond donors (Lipinski definition) is 0. The monoisotopic (exact) mass is 338 g/mol. The van der Waals surface area contributed by atoms with Gasteiger partial charge in [0.1, 0.15) is 17.4 Å². The molecule has 1 amide bonds. The number of carbonyl (C=O) groups is 1. The van der Waals surface area contributed by atoms with E-state index in [4.69, 9.17) is 4.74 Å². The van der Waals surface area contributed by atoms with Gasteiger partial charge in [0.15, 0.2) is 0 Å². The molecule has 0 aliphatic carbocycles. The largest absolute Gasteiger partial charge is 0.496 e. The first kappa shape index (κ1) is 15.9. The fourth-order valence-electron chi connectivity index (χ4n) is 3.95. The van der Waals surface area contributed by atoms with Crippen molar-refractivity contribution in [2.45, 2.75) is 32.4 Å². The molecule has 2 atom stereocenters. The van der Waals surface area contributed by atoms with Gasteiger partial charge >= 0.3 is 0 Å². The summed E-state index contributed by atoms with van der Waals surface area (Å²) in [5, 5.41) is 0. The van der Waals surface area contributed by atoms with E-state index in [9.17, 15) is 4.79 Å². The summed E-state index contributed by atoms with van der Waals surface area (Å²) in [7, 11) is 1.60. The number of benzene rings is 1. The zero-order chi connectivity index (χ0) is 17.6. The summed E-state index contributed by atoms with van der Waals surface area (Å²) in [5.74, 6) is 2.45. The molecule has 1 aromatic heterocycles. The van der Waals surface area contributed by atoms with Gasteiger partial charge in [0.05, 0.1) is 24.8 Å². The average Bonchev–Trinajstić information content (AvgIpc) is 2.60. The van der Waals surface area contributed by atoms with Crippen LogP contribution in [0.5, 0.6) is 5.75 Å². The minimum atomic E-state index is 0.0633. The van der Waals surface area contributed by atoms with Crippen LogP contribution in [-0.4, -0.2) is 53.1 Å². The van der Waals surface area contributed by atoms with Gasteiger partial charge in [0.2, 0.25) is 0 Å². The number of piperidine rings is 1. The summed E-state index contributed by atoms with van der Waals surface area (Å²) in [6.07, 6.45) is 1.06. The minimum absolute atomic E-state index is 0.0633. The van der Waals surface area contributed by atoms with E-state index in [0.29, 0.717) is 11.3 Å². The molecule has 2 aromatic rings. The van der Waals surface area contributed by atoms with Crippen LogP contribution in [0.25, 0.3) is 0 Å². The van der Waals surface area contributed by atoms with Crippen molar-refractivity contribution in [1.29, 1.82) is 0 Å². The molecule has 0 radical (unpaired) electrons. The van der Waals surface area contributed by atoms with E-state index in [1.165, 1.54) is 0 Å². The van der Waals surface area contributed by atoms with E-state index in [-0.39, 0.29) is 18.0 Å². The van der Waals surface area contributed by atoms with Crippen LogP contribution in [-0.2, 0) is 0 Å². The summed E-state index contributed by atoms with van der Waals surface area (Å²) in [4.78, 5) is 26.2. The van der Waals surface area contributed by atoms with Crippen molar-refractivity contribution >= 4 is 11.7 Å². The third kappa shape index (κ3) is 2.71. The maximum atomic E-state index is 13.0. The van der Waals surface area contributed by atoms with Gasteiger partial charge in [0.25, 0.3) is 5.91 Å². The topological polar surface area (TPSA) is 58.6 Å². The van der Waals surface area contributed by atoms with Crippen LogP contribution in [0.4, 0.5) is 5.82 Å². The molecule has 3 aliphatic rings. The summed E-state index contributed by atoms with van der Waals surface area (Å²) in [6, 6.07) is 9.91. The molecule has 25 heavy (non-hydrogen) atoms. The first-order valence-electron chi connectivity index (χ1n) is 8.59. The maximum Gasteiger partial charge on any atom is 0.258 e. The molecule has 2 bridgehead atoms. The van der Waals surface area contributed by atoms with E-state index in [1.54, 1.807) is 7.11 Å². The molecule has 0 saturated carbocycles. The Morgan fingerprint density at radius 2 is 1.88 bits per heavy atom. The first-order chi connectivity index (χ1) is 12.1. The second-order valence-electron chi connectivity index (χ2n) is 6.78. The summed E-state index contributed by atoms with van der Waals surface area (Å²) < 4.78 is 5.35. The van der Waals surface area contributed by atoms with E-state index in [1.807, 2.05) is 49.1 Å². The number of anilines is 1. The summed E-state index contributed by atoms with van der Waals surface area (Å²) in [5.41, 5.74) is 1.62. The molecule has 4 heterocycles. The van der Waals surface area contributed by atoms with Crippen molar-refractivity contribution in [3.05, 3.63) is 47.4 Å². The summed E-state index contributed by atoms with van der Waals surface area (Å²) in [6.45, 7) is 5.53. The number of hydrogen-bond acceptors (Lipinski definition) is 5. The number of methoxy groups -OCH3 is 1. The van der Waals surface area contributed by atoms with Crippen LogP contribution < -0.4 is 9.64 Å². The second-order valence-corrected chi connectivity index (χ2v) is 6.78. The number of rotatable bonds is 3. The van der Waals surface area contributed by atoms with Gasteiger partial charge in [-0.15, -0.1) is 0 Å². The third-order valence-electron chi connectivity index (χ3n) is 5.04. The highest BCUT2D eigenvalue weighted by molar-refractivity contribution is 5.98. The Labute approximate surface area is 147 Å². The van der Waals surface area contributed by atoms with Gasteiger partial charge in [-0.1, -0.05) is 12.1 Å². The van der Waals surface area contributed by atoms with Crippen molar-refractivity contribution in [2.24, 2.45) is 0 Å². The molecular weight excluding hydrogens is 316 g/mol. The lowest BCUT2D eigenvalue weighted by atomic mass is 9.86. The standard InChI is InChI=1S/C19H22N4O2/c1-12-8-18(21-13(2)20-12)22-10-14-9-15(11-22)23(14)19(24)16-6-4-5-7-17(16)25-3/h4-8,14-15H,9-11H2,1-3H3. The molecule has 1 aromatic carbocycles. The van der Waals surface area contributed by atoms with E-state index in [0.717, 1.165) is 36.8 Å². The van der Waals surface area contributed by atoms with Gasteiger partial charge in [-0.25, -0.2) is 9.97 Å². The van der Waals surface area contributed by atoms with Crippen LogP contribution in [0.1, 0.15) is 28.3 Å². The number of piperazine rings is 1. The fourth-order valence-corrected chi connectivity index (χ4v) is 3.95. The van der Waals surface area contributed by atoms with Crippen LogP contribution in [0.2, 0.25) is 0 Å². The minimum Gasteiger partial charge on any atom is -0.496 e. The second kappa shape index (κ2) is 6.02. The molecule has 0 spiro atoms. The average molecular weight is 338 g/mol. The Kier molecular flexibility index (Phi) is 3.82. The molecule has 2 unspecified atom stereocenters. The predicted molar refractivity (Wildman–Crippen MR) is 95.1 cm³/mol. The number of nitrogens with zero attached hydrogens (tertiary/aromatic N) is 4. The van der Waals surface area contributed by atoms with Gasteiger partial charge in [-0.3, -0.25) is 4.79 Å². The molecule has 3 saturated heterocycles. The Morgan fingerprint density at radius 3 is 2.56 bits per heavy atom. The van der Waals surface area contributed by atoms with Crippen LogP contribution in [0, 0.1) is 13.8 Å². The number of aryl methyl sites for hydroxylation is 2. The van der Waals surface area contributed by atoms with Gasteiger partial charge < -0.3 is 14.5 Å². The summed E-state index contributed by atoms with van der Waals surface area (Å²) >= 11 is 0. The zero-order valence-corrected chi connectivity index (χ0v) is 14.8. The van der Waals surface area contributed by atoms with Crippen molar-refractivity contribution in [2.75, 3.05) is 25.1 Å². The van der Waals surface area contributed by atoms with Crippen LogP contribution in [0.15, 0.2) is 30.3 Å². The predicted octanol–water partition coefficient (Wildman–Crippen LogP) is 2.21. The fraction of sp³-hybridized carbons (Fsp3) is 0.421. The van der Waals surface area contributed by atoms with Gasteiger partial charge in [-0.05, 0) is 32.4 Å². The van der Waals surface area contributed by atoms with Crippen molar-refractivity contribution in [3.63, 3.8) is 0 Å².